The summed E-state index contributed by atoms with van der Waals surface area (Å²) >= 11 is 0. The van der Waals surface area contributed by atoms with Crippen molar-refractivity contribution in [3.8, 4) is 5.75 Å². The summed E-state index contributed by atoms with van der Waals surface area (Å²) in [5, 5.41) is 3.83. The molecule has 0 unspecified atom stereocenters. The Morgan fingerprint density at radius 1 is 1.41 bits per heavy atom. The van der Waals surface area contributed by atoms with Gasteiger partial charge in [-0.25, -0.2) is 9.69 Å². The molecule has 3 aliphatic heterocycles. The highest BCUT2D eigenvalue weighted by Gasteiger charge is 2.60. The van der Waals surface area contributed by atoms with Crippen molar-refractivity contribution in [2.24, 2.45) is 0 Å². The summed E-state index contributed by atoms with van der Waals surface area (Å²) < 4.78 is 10.9. The van der Waals surface area contributed by atoms with E-state index in [0.717, 1.165) is 40.0 Å². The number of hydrogen-bond donors (Lipinski definition) is 2. The molecule has 2 fully saturated rings. The van der Waals surface area contributed by atoms with Crippen LogP contribution in [0.15, 0.2) is 18.2 Å². The number of aromatic nitrogens is 1. The first kappa shape index (κ1) is 20.8. The third kappa shape index (κ3) is 2.91. The maximum atomic E-state index is 13.7. The Hall–Kier alpha value is -3.07. The average Bonchev–Trinajstić information content (AvgIpc) is 3.49. The fourth-order valence-corrected chi connectivity index (χ4v) is 5.20. The Balaban J connectivity index is 1.44. The second kappa shape index (κ2) is 7.51. The number of ether oxygens (including phenoxy) is 2. The van der Waals surface area contributed by atoms with Crippen LogP contribution in [0.4, 0.5) is 4.79 Å². The molecular formula is C23H28N4O5. The Labute approximate surface area is 186 Å². The number of fused-ring (bicyclic) bond motifs is 5. The van der Waals surface area contributed by atoms with E-state index in [0.29, 0.717) is 31.8 Å². The minimum atomic E-state index is -1.18. The molecule has 32 heavy (non-hydrogen) atoms. The van der Waals surface area contributed by atoms with E-state index in [1.165, 1.54) is 0 Å². The molecule has 4 amide bonds. The van der Waals surface area contributed by atoms with Gasteiger partial charge in [-0.2, -0.15) is 0 Å². The van der Waals surface area contributed by atoms with Crippen LogP contribution in [-0.2, 0) is 26.3 Å². The molecule has 0 spiro atoms. The lowest BCUT2D eigenvalue weighted by Crippen LogP contribution is -2.50. The first-order valence-electron chi connectivity index (χ1n) is 11.1. The van der Waals surface area contributed by atoms with E-state index in [-0.39, 0.29) is 17.9 Å². The van der Waals surface area contributed by atoms with E-state index >= 15 is 0 Å². The number of rotatable bonds is 5. The van der Waals surface area contributed by atoms with Crippen LogP contribution >= 0.6 is 0 Å². The molecule has 4 heterocycles. The quantitative estimate of drug-likeness (QED) is 0.691. The summed E-state index contributed by atoms with van der Waals surface area (Å²) in [7, 11) is 1.62. The van der Waals surface area contributed by atoms with Crippen LogP contribution in [0.1, 0.15) is 37.9 Å². The van der Waals surface area contributed by atoms with Gasteiger partial charge in [0.25, 0.3) is 5.91 Å². The lowest BCUT2D eigenvalue weighted by atomic mass is 9.87. The zero-order chi connectivity index (χ0) is 22.6. The maximum Gasteiger partial charge on any atom is 0.328 e. The molecule has 5 rings (SSSR count). The van der Waals surface area contributed by atoms with Crippen LogP contribution in [0, 0.1) is 0 Å². The number of methoxy groups -OCH3 is 1. The zero-order valence-corrected chi connectivity index (χ0v) is 18.6. The van der Waals surface area contributed by atoms with E-state index in [4.69, 9.17) is 9.47 Å². The number of carbonyl (C=O) groups excluding carboxylic acids is 3. The summed E-state index contributed by atoms with van der Waals surface area (Å²) in [6.07, 6.45) is 2.48. The first-order chi connectivity index (χ1) is 15.4. The summed E-state index contributed by atoms with van der Waals surface area (Å²) in [6.45, 7) is 4.84. The number of carbonyl (C=O) groups is 3. The summed E-state index contributed by atoms with van der Waals surface area (Å²) in [5.74, 6) is -0.00661. The minimum absolute atomic E-state index is 0.00845. The van der Waals surface area contributed by atoms with Crippen LogP contribution in [0.3, 0.4) is 0 Å². The van der Waals surface area contributed by atoms with Crippen molar-refractivity contribution in [1.29, 1.82) is 0 Å². The van der Waals surface area contributed by atoms with Crippen molar-refractivity contribution in [2.75, 3.05) is 26.8 Å². The number of hydrogen-bond acceptors (Lipinski definition) is 5. The molecule has 3 aliphatic rings. The Morgan fingerprint density at radius 3 is 2.94 bits per heavy atom. The number of urea groups is 1. The van der Waals surface area contributed by atoms with Gasteiger partial charge in [0, 0.05) is 30.6 Å². The van der Waals surface area contributed by atoms with Gasteiger partial charge in [-0.05, 0) is 56.9 Å². The SMILES string of the molecule is COc1ccc2[nH]c3c(c2c1)CCN1C(=O)N([C@@H](C)C(=O)NC[C@H]2CCCO2)C(=O)[C@]31C. The van der Waals surface area contributed by atoms with Crippen molar-refractivity contribution in [3.05, 3.63) is 29.5 Å². The smallest absolute Gasteiger partial charge is 0.328 e. The molecule has 170 valence electrons. The predicted octanol–water partition coefficient (Wildman–Crippen LogP) is 1.90. The number of nitrogens with zero attached hydrogens (tertiary/aromatic N) is 2. The van der Waals surface area contributed by atoms with Gasteiger partial charge < -0.3 is 24.7 Å². The Morgan fingerprint density at radius 2 is 2.22 bits per heavy atom. The fourth-order valence-electron chi connectivity index (χ4n) is 5.20. The van der Waals surface area contributed by atoms with Gasteiger partial charge in [-0.3, -0.25) is 9.59 Å². The molecule has 2 N–H and O–H groups in total. The van der Waals surface area contributed by atoms with E-state index in [1.807, 2.05) is 18.2 Å². The van der Waals surface area contributed by atoms with Crippen molar-refractivity contribution >= 4 is 28.7 Å². The highest BCUT2D eigenvalue weighted by atomic mass is 16.5. The first-order valence-corrected chi connectivity index (χ1v) is 11.1. The summed E-state index contributed by atoms with van der Waals surface area (Å²) in [6, 6.07) is 4.38. The van der Waals surface area contributed by atoms with Gasteiger partial charge in [0.05, 0.1) is 18.9 Å². The monoisotopic (exact) mass is 440 g/mol. The van der Waals surface area contributed by atoms with Crippen molar-refractivity contribution in [2.45, 2.75) is 50.8 Å². The van der Waals surface area contributed by atoms with Crippen molar-refractivity contribution in [1.82, 2.24) is 20.1 Å². The van der Waals surface area contributed by atoms with Crippen LogP contribution in [0.25, 0.3) is 10.9 Å². The molecule has 3 atom stereocenters. The molecule has 0 saturated carbocycles. The number of aromatic amines is 1. The summed E-state index contributed by atoms with van der Waals surface area (Å²) in [4.78, 5) is 45.8. The number of amides is 4. The minimum Gasteiger partial charge on any atom is -0.497 e. The van der Waals surface area contributed by atoms with E-state index in [1.54, 1.807) is 25.9 Å². The Kier molecular flexibility index (Phi) is 4.88. The molecule has 0 aliphatic carbocycles. The highest BCUT2D eigenvalue weighted by Crippen LogP contribution is 2.45. The molecule has 0 radical (unpaired) electrons. The molecule has 9 heteroatoms. The van der Waals surface area contributed by atoms with Crippen LogP contribution in [0.5, 0.6) is 5.75 Å². The summed E-state index contributed by atoms with van der Waals surface area (Å²) in [5.41, 5.74) is 1.43. The zero-order valence-electron chi connectivity index (χ0n) is 18.6. The molecule has 2 aromatic rings. The fraction of sp³-hybridized carbons (Fsp3) is 0.522. The van der Waals surface area contributed by atoms with Gasteiger partial charge in [0.1, 0.15) is 11.8 Å². The number of nitrogens with one attached hydrogen (secondary N) is 2. The molecule has 0 bridgehead atoms. The van der Waals surface area contributed by atoms with Crippen molar-refractivity contribution < 1.29 is 23.9 Å². The van der Waals surface area contributed by atoms with E-state index < -0.39 is 17.6 Å². The number of H-pyrrole nitrogens is 1. The number of benzene rings is 1. The molecular weight excluding hydrogens is 412 g/mol. The standard InChI is InChI=1S/C23H28N4O5/c1-13(20(28)24-12-15-5-4-10-32-15)27-21(29)23(2)19-16(8-9-26(23)22(27)30)17-11-14(31-3)6-7-18(17)25-19/h6-7,11,13,15,25H,4-5,8-10,12H2,1-3H3,(H,24,28)/t13-,15+,23-/m0/s1. The topological polar surface area (TPSA) is 104 Å². The second-order valence-electron chi connectivity index (χ2n) is 8.88. The van der Waals surface area contributed by atoms with Gasteiger partial charge in [0.15, 0.2) is 5.54 Å². The van der Waals surface area contributed by atoms with Gasteiger partial charge in [-0.15, -0.1) is 0 Å². The maximum absolute atomic E-state index is 13.7. The highest BCUT2D eigenvalue weighted by molar-refractivity contribution is 6.11. The van der Waals surface area contributed by atoms with E-state index in [2.05, 4.69) is 10.3 Å². The molecule has 1 aromatic carbocycles. The lowest BCUT2D eigenvalue weighted by Gasteiger charge is -2.36. The lowest BCUT2D eigenvalue weighted by molar-refractivity contribution is -0.139. The van der Waals surface area contributed by atoms with Crippen LogP contribution < -0.4 is 10.1 Å². The Bertz CT molecular complexity index is 1110. The predicted molar refractivity (Wildman–Crippen MR) is 116 cm³/mol. The second-order valence-corrected chi connectivity index (χ2v) is 8.88. The van der Waals surface area contributed by atoms with Crippen molar-refractivity contribution in [3.63, 3.8) is 0 Å². The van der Waals surface area contributed by atoms with Crippen LogP contribution in [-0.4, -0.2) is 71.6 Å². The average molecular weight is 441 g/mol. The largest absolute Gasteiger partial charge is 0.497 e. The molecule has 9 nitrogen and oxygen atoms in total. The third-order valence-electron chi connectivity index (χ3n) is 7.09. The third-order valence-corrected chi connectivity index (χ3v) is 7.09. The van der Waals surface area contributed by atoms with Gasteiger partial charge in [0.2, 0.25) is 5.91 Å². The van der Waals surface area contributed by atoms with Gasteiger partial charge in [-0.1, -0.05) is 0 Å². The van der Waals surface area contributed by atoms with Gasteiger partial charge >= 0.3 is 6.03 Å². The van der Waals surface area contributed by atoms with Crippen LogP contribution in [0.2, 0.25) is 0 Å². The molecule has 1 aromatic heterocycles. The molecule has 2 saturated heterocycles. The normalized spacial score (nSPS) is 25.8. The van der Waals surface area contributed by atoms with E-state index in [9.17, 15) is 14.4 Å². The number of imide groups is 1.